The van der Waals surface area contributed by atoms with Crippen LogP contribution in [0, 0.1) is 5.92 Å². The van der Waals surface area contributed by atoms with E-state index in [1.807, 2.05) is 18.2 Å². The number of amides is 1. The van der Waals surface area contributed by atoms with Gasteiger partial charge in [-0.1, -0.05) is 43.7 Å². The van der Waals surface area contributed by atoms with Crippen molar-refractivity contribution in [2.75, 3.05) is 12.3 Å². The maximum atomic E-state index is 12.6. The van der Waals surface area contributed by atoms with Gasteiger partial charge in [0, 0.05) is 17.6 Å². The molecule has 3 aromatic rings. The number of carbonyl (C=O) groups is 1. The highest BCUT2D eigenvalue weighted by Gasteiger charge is 2.23. The molecule has 27 heavy (non-hydrogen) atoms. The van der Waals surface area contributed by atoms with E-state index in [4.69, 9.17) is 10.7 Å². The lowest BCUT2D eigenvalue weighted by atomic mass is 9.85. The first kappa shape index (κ1) is 18.0. The Kier molecular flexibility index (Phi) is 5.12. The molecular formula is C22H25N3OS. The number of aromatic nitrogens is 1. The minimum atomic E-state index is -0.101. The number of anilines is 1. The fourth-order valence-corrected chi connectivity index (χ4v) is 4.84. The van der Waals surface area contributed by atoms with Gasteiger partial charge < -0.3 is 11.1 Å². The van der Waals surface area contributed by atoms with Crippen LogP contribution < -0.4 is 11.1 Å². The van der Waals surface area contributed by atoms with Crippen LogP contribution >= 0.6 is 11.3 Å². The Morgan fingerprint density at radius 3 is 2.93 bits per heavy atom. The molecule has 0 fully saturated rings. The molecule has 140 valence electrons. The van der Waals surface area contributed by atoms with Crippen LogP contribution in [0.15, 0.2) is 36.4 Å². The number of thiophene rings is 1. The molecule has 2 heterocycles. The summed E-state index contributed by atoms with van der Waals surface area (Å²) in [6.07, 6.45) is 5.31. The lowest BCUT2D eigenvalue weighted by molar-refractivity contribution is 0.0959. The van der Waals surface area contributed by atoms with Crippen molar-refractivity contribution >= 4 is 33.1 Å². The summed E-state index contributed by atoms with van der Waals surface area (Å²) in [6.45, 7) is 2.84. The van der Waals surface area contributed by atoms with Crippen molar-refractivity contribution in [2.45, 2.75) is 39.0 Å². The van der Waals surface area contributed by atoms with Crippen LogP contribution in [0.4, 0.5) is 5.69 Å². The molecule has 4 nitrogen and oxygen atoms in total. The number of carbonyl (C=O) groups excluding carboxylic acids is 1. The number of fused-ring (bicyclic) bond motifs is 2. The Hall–Kier alpha value is -2.40. The Labute approximate surface area is 163 Å². The summed E-state index contributed by atoms with van der Waals surface area (Å²) in [5, 5.41) is 3.93. The Morgan fingerprint density at radius 2 is 2.15 bits per heavy atom. The number of hydrogen-bond donors (Lipinski definition) is 2. The van der Waals surface area contributed by atoms with Crippen LogP contribution in [0.3, 0.4) is 0 Å². The number of nitrogen functional groups attached to an aromatic ring is 1. The smallest absolute Gasteiger partial charge is 0.263 e. The first-order valence-corrected chi connectivity index (χ1v) is 10.5. The number of nitrogens with one attached hydrogen (secondary N) is 1. The number of benzene rings is 1. The molecule has 5 heteroatoms. The fraction of sp³-hybridized carbons (Fsp3) is 0.364. The van der Waals surface area contributed by atoms with Crippen molar-refractivity contribution in [3.63, 3.8) is 0 Å². The molecule has 0 aliphatic heterocycles. The van der Waals surface area contributed by atoms with Gasteiger partial charge >= 0.3 is 0 Å². The fourth-order valence-electron chi connectivity index (χ4n) is 3.83. The van der Waals surface area contributed by atoms with Gasteiger partial charge in [-0.15, -0.1) is 11.3 Å². The second-order valence-corrected chi connectivity index (χ2v) is 8.30. The van der Waals surface area contributed by atoms with Gasteiger partial charge in [0.2, 0.25) is 0 Å². The van der Waals surface area contributed by atoms with Gasteiger partial charge in [-0.3, -0.25) is 4.79 Å². The van der Waals surface area contributed by atoms with E-state index in [1.165, 1.54) is 41.0 Å². The van der Waals surface area contributed by atoms with E-state index in [2.05, 4.69) is 30.4 Å². The molecule has 3 N–H and O–H groups in total. The summed E-state index contributed by atoms with van der Waals surface area (Å²) >= 11 is 1.41. The third kappa shape index (κ3) is 3.69. The second kappa shape index (κ2) is 7.69. The van der Waals surface area contributed by atoms with Gasteiger partial charge in [-0.2, -0.15) is 0 Å². The van der Waals surface area contributed by atoms with Crippen molar-refractivity contribution in [3.8, 4) is 0 Å². The minimum Gasteiger partial charge on any atom is -0.397 e. The van der Waals surface area contributed by atoms with Crippen LogP contribution in [0.25, 0.3) is 10.2 Å². The summed E-state index contributed by atoms with van der Waals surface area (Å²) in [7, 11) is 0. The largest absolute Gasteiger partial charge is 0.397 e. The van der Waals surface area contributed by atoms with E-state index in [9.17, 15) is 4.79 Å². The van der Waals surface area contributed by atoms with E-state index in [-0.39, 0.29) is 5.91 Å². The van der Waals surface area contributed by atoms with E-state index >= 15 is 0 Å². The molecule has 0 bridgehead atoms. The highest BCUT2D eigenvalue weighted by Crippen LogP contribution is 2.36. The summed E-state index contributed by atoms with van der Waals surface area (Å²) in [4.78, 5) is 18.9. The molecule has 1 aliphatic rings. The van der Waals surface area contributed by atoms with Gasteiger partial charge in [0.15, 0.2) is 0 Å². The lowest BCUT2D eigenvalue weighted by Gasteiger charge is -2.22. The van der Waals surface area contributed by atoms with Crippen molar-refractivity contribution in [1.82, 2.24) is 10.3 Å². The minimum absolute atomic E-state index is 0.101. The number of nitrogens with two attached hydrogens (primary N) is 1. The van der Waals surface area contributed by atoms with E-state index in [0.717, 1.165) is 35.4 Å². The Balaban J connectivity index is 1.52. The van der Waals surface area contributed by atoms with Crippen LogP contribution in [-0.2, 0) is 19.3 Å². The second-order valence-electron chi connectivity index (χ2n) is 7.30. The average molecular weight is 380 g/mol. The molecule has 0 spiro atoms. The van der Waals surface area contributed by atoms with Crippen LogP contribution in [-0.4, -0.2) is 17.4 Å². The van der Waals surface area contributed by atoms with E-state index in [1.54, 1.807) is 0 Å². The third-order valence-corrected chi connectivity index (χ3v) is 6.63. The molecule has 1 aromatic carbocycles. The quantitative estimate of drug-likeness (QED) is 0.692. The first-order chi connectivity index (χ1) is 13.2. The summed E-state index contributed by atoms with van der Waals surface area (Å²) in [5.74, 6) is 0.633. The third-order valence-electron chi connectivity index (χ3n) is 5.51. The van der Waals surface area contributed by atoms with Gasteiger partial charge in [-0.05, 0) is 48.8 Å². The van der Waals surface area contributed by atoms with Crippen molar-refractivity contribution < 1.29 is 4.79 Å². The summed E-state index contributed by atoms with van der Waals surface area (Å²) in [5.41, 5.74) is 10.6. The zero-order chi connectivity index (χ0) is 18.8. The molecule has 1 atom stereocenters. The molecule has 1 aliphatic carbocycles. The van der Waals surface area contributed by atoms with Crippen LogP contribution in [0.1, 0.15) is 46.3 Å². The maximum absolute atomic E-state index is 12.6. The highest BCUT2D eigenvalue weighted by molar-refractivity contribution is 7.21. The van der Waals surface area contributed by atoms with Crippen molar-refractivity contribution in [1.29, 1.82) is 0 Å². The van der Waals surface area contributed by atoms with Gasteiger partial charge in [0.25, 0.3) is 5.91 Å². The topological polar surface area (TPSA) is 68.0 Å². The number of nitrogens with zero attached hydrogens (tertiary/aromatic N) is 1. The predicted molar refractivity (Wildman–Crippen MR) is 112 cm³/mol. The first-order valence-electron chi connectivity index (χ1n) is 9.68. The average Bonchev–Trinajstić information content (AvgIpc) is 3.02. The van der Waals surface area contributed by atoms with E-state index in [0.29, 0.717) is 17.1 Å². The van der Waals surface area contributed by atoms with E-state index < -0.39 is 0 Å². The monoisotopic (exact) mass is 379 g/mol. The number of hydrogen-bond acceptors (Lipinski definition) is 4. The molecule has 0 saturated carbocycles. The Morgan fingerprint density at radius 1 is 1.33 bits per heavy atom. The molecule has 1 amide bonds. The zero-order valence-corrected chi connectivity index (χ0v) is 16.4. The molecule has 0 saturated heterocycles. The standard InChI is InChI=1S/C22H25N3OS/c1-2-14-8-9-18-16(12-14)13-17-19(23)20(27-22(17)25-18)21(26)24-11-10-15-6-4-3-5-7-15/h3-7,13-14H,2,8-12,23H2,1H3,(H,24,26)/t14-/m0/s1. The summed E-state index contributed by atoms with van der Waals surface area (Å²) < 4.78 is 0. The lowest BCUT2D eigenvalue weighted by Crippen LogP contribution is -2.25. The number of rotatable bonds is 5. The van der Waals surface area contributed by atoms with Gasteiger partial charge in [0.1, 0.15) is 9.71 Å². The van der Waals surface area contributed by atoms with Gasteiger partial charge in [0.05, 0.1) is 5.69 Å². The van der Waals surface area contributed by atoms with Crippen molar-refractivity contribution in [2.24, 2.45) is 5.92 Å². The Bertz CT molecular complexity index is 965. The molecule has 2 aromatic heterocycles. The van der Waals surface area contributed by atoms with Gasteiger partial charge in [-0.25, -0.2) is 4.98 Å². The molecule has 0 radical (unpaired) electrons. The maximum Gasteiger partial charge on any atom is 0.263 e. The zero-order valence-electron chi connectivity index (χ0n) is 15.6. The van der Waals surface area contributed by atoms with Crippen LogP contribution in [0.2, 0.25) is 0 Å². The van der Waals surface area contributed by atoms with Crippen molar-refractivity contribution in [3.05, 3.63) is 58.1 Å². The normalized spacial score (nSPS) is 16.3. The predicted octanol–water partition coefficient (Wildman–Crippen LogP) is 4.37. The van der Waals surface area contributed by atoms with Crippen LogP contribution in [0.5, 0.6) is 0 Å². The SMILES string of the molecule is CC[C@H]1CCc2nc3sc(C(=O)NCCc4ccccc4)c(N)c3cc2C1. The highest BCUT2D eigenvalue weighted by atomic mass is 32.1. The molecular weight excluding hydrogens is 354 g/mol. The molecule has 0 unspecified atom stereocenters. The number of aryl methyl sites for hydroxylation is 1. The molecule has 4 rings (SSSR count). The number of pyridine rings is 1. The summed E-state index contributed by atoms with van der Waals surface area (Å²) in [6, 6.07) is 12.3.